The summed E-state index contributed by atoms with van der Waals surface area (Å²) in [6, 6.07) is 8.26. The summed E-state index contributed by atoms with van der Waals surface area (Å²) in [4.78, 5) is 10.2. The third-order valence-electron chi connectivity index (χ3n) is 3.41. The predicted molar refractivity (Wildman–Crippen MR) is 90.7 cm³/mol. The average molecular weight is 309 g/mol. The minimum Gasteiger partial charge on any atom is -0.479 e. The number of unbranched alkanes of at least 4 members (excludes halogenated alkanes) is 7. The highest BCUT2D eigenvalue weighted by Gasteiger charge is 2.14. The van der Waals surface area contributed by atoms with Crippen molar-refractivity contribution in [3.05, 3.63) is 35.9 Å². The second kappa shape index (κ2) is 14.5. The molecule has 0 saturated carbocycles. The Morgan fingerprint density at radius 1 is 1.00 bits per heavy atom. The van der Waals surface area contributed by atoms with E-state index in [1.807, 2.05) is 0 Å². The van der Waals surface area contributed by atoms with Crippen molar-refractivity contribution in [1.29, 1.82) is 0 Å². The van der Waals surface area contributed by atoms with E-state index in [0.29, 0.717) is 5.56 Å². The van der Waals surface area contributed by atoms with E-state index in [-0.39, 0.29) is 0 Å². The molecule has 1 aromatic rings. The summed E-state index contributed by atoms with van der Waals surface area (Å²) in [5, 5.41) is 17.4. The van der Waals surface area contributed by atoms with Gasteiger partial charge in [-0.05, 0) is 18.5 Å². The van der Waals surface area contributed by atoms with Crippen molar-refractivity contribution in [2.45, 2.75) is 64.4 Å². The van der Waals surface area contributed by atoms with E-state index in [1.165, 1.54) is 51.4 Å². The second-order valence-corrected chi connectivity index (χ2v) is 5.42. The molecule has 4 nitrogen and oxygen atoms in total. The molecule has 0 fully saturated rings. The van der Waals surface area contributed by atoms with Gasteiger partial charge in [-0.15, -0.1) is 0 Å². The molecule has 0 aromatic heterocycles. The number of carboxylic acids is 1. The van der Waals surface area contributed by atoms with Crippen LogP contribution in [0, 0.1) is 0 Å². The van der Waals surface area contributed by atoms with Crippen molar-refractivity contribution in [1.82, 2.24) is 0 Å². The molecule has 4 heteroatoms. The minimum atomic E-state index is -1.41. The van der Waals surface area contributed by atoms with Gasteiger partial charge in [0.25, 0.3) is 0 Å². The van der Waals surface area contributed by atoms with Gasteiger partial charge >= 0.3 is 5.97 Å². The van der Waals surface area contributed by atoms with E-state index in [1.54, 1.807) is 30.3 Å². The molecule has 1 rings (SSSR count). The van der Waals surface area contributed by atoms with Gasteiger partial charge in [0.2, 0.25) is 0 Å². The lowest BCUT2D eigenvalue weighted by Crippen LogP contribution is -2.09. The summed E-state index contributed by atoms with van der Waals surface area (Å²) >= 11 is 0. The van der Waals surface area contributed by atoms with Gasteiger partial charge in [0.05, 0.1) is 0 Å². The number of carboxylic acid groups (broad SMARTS) is 1. The normalized spacial score (nSPS) is 11.4. The molecule has 1 atom stereocenters. The van der Waals surface area contributed by atoms with Gasteiger partial charge in [0, 0.05) is 0 Å². The molecule has 0 radical (unpaired) electrons. The Morgan fingerprint density at radius 3 is 1.95 bits per heavy atom. The van der Waals surface area contributed by atoms with E-state index in [9.17, 15) is 4.79 Å². The zero-order chi connectivity index (χ0) is 16.6. The van der Waals surface area contributed by atoms with Crippen molar-refractivity contribution >= 4 is 5.97 Å². The third-order valence-corrected chi connectivity index (χ3v) is 3.41. The highest BCUT2D eigenvalue weighted by Crippen LogP contribution is 2.11. The molecular weight excluding hydrogens is 278 g/mol. The van der Waals surface area contributed by atoms with Crippen molar-refractivity contribution in [3.63, 3.8) is 0 Å². The van der Waals surface area contributed by atoms with Crippen LogP contribution in [0.4, 0.5) is 0 Å². The van der Waals surface area contributed by atoms with Crippen LogP contribution in [0.1, 0.15) is 70.0 Å². The van der Waals surface area contributed by atoms with Crippen molar-refractivity contribution in [2.24, 2.45) is 5.73 Å². The van der Waals surface area contributed by atoms with E-state index in [4.69, 9.17) is 15.9 Å². The van der Waals surface area contributed by atoms with Crippen molar-refractivity contribution < 1.29 is 15.0 Å². The number of aliphatic hydroxyl groups is 1. The molecule has 1 unspecified atom stereocenters. The van der Waals surface area contributed by atoms with Crippen LogP contribution in [0.5, 0.6) is 0 Å². The maximum Gasteiger partial charge on any atom is 0.337 e. The number of aliphatic carboxylic acids is 1. The smallest absolute Gasteiger partial charge is 0.337 e. The summed E-state index contributed by atoms with van der Waals surface area (Å²) in [7, 11) is 0. The average Bonchev–Trinajstić information content (AvgIpc) is 2.55. The Morgan fingerprint density at radius 2 is 1.50 bits per heavy atom. The van der Waals surface area contributed by atoms with Gasteiger partial charge in [-0.2, -0.15) is 0 Å². The molecule has 4 N–H and O–H groups in total. The summed E-state index contributed by atoms with van der Waals surface area (Å²) in [6.07, 6.45) is 9.57. The lowest BCUT2D eigenvalue weighted by atomic mass is 10.1. The number of nitrogens with two attached hydrogens (primary N) is 1. The molecule has 0 aliphatic heterocycles. The highest BCUT2D eigenvalue weighted by molar-refractivity contribution is 5.73. The molecule has 22 heavy (non-hydrogen) atoms. The summed E-state index contributed by atoms with van der Waals surface area (Å²) in [5.41, 5.74) is 5.79. The van der Waals surface area contributed by atoms with Crippen LogP contribution in [-0.4, -0.2) is 22.7 Å². The van der Waals surface area contributed by atoms with Gasteiger partial charge in [0.1, 0.15) is 0 Å². The summed E-state index contributed by atoms with van der Waals surface area (Å²) in [6.45, 7) is 3.13. The zero-order valence-electron chi connectivity index (χ0n) is 13.7. The van der Waals surface area contributed by atoms with Gasteiger partial charge in [-0.1, -0.05) is 82.2 Å². The van der Waals surface area contributed by atoms with Crippen LogP contribution < -0.4 is 5.73 Å². The summed E-state index contributed by atoms with van der Waals surface area (Å²) in [5.74, 6) is -1.23. The van der Waals surface area contributed by atoms with E-state index in [0.717, 1.165) is 6.54 Å². The molecule has 0 amide bonds. The Labute approximate surface area is 134 Å². The van der Waals surface area contributed by atoms with Crippen LogP contribution in [0.2, 0.25) is 0 Å². The Balaban J connectivity index is 0.000000401. The van der Waals surface area contributed by atoms with Crippen molar-refractivity contribution in [3.8, 4) is 0 Å². The third kappa shape index (κ3) is 11.3. The van der Waals surface area contributed by atoms with Gasteiger partial charge in [-0.3, -0.25) is 0 Å². The first-order valence-corrected chi connectivity index (χ1v) is 8.29. The highest BCUT2D eigenvalue weighted by atomic mass is 16.4. The standard InChI is InChI=1S/C10H23N.C8H8O3/c1-2-3-4-5-6-7-8-9-10-11;9-7(8(10)11)6-4-2-1-3-5-6/h2-11H2,1H3;1-5,7,9H,(H,10,11). The fourth-order valence-corrected chi connectivity index (χ4v) is 2.06. The van der Waals surface area contributed by atoms with Crippen LogP contribution in [-0.2, 0) is 4.79 Å². The van der Waals surface area contributed by atoms with Crippen LogP contribution in [0.15, 0.2) is 30.3 Å². The Kier molecular flexibility index (Phi) is 13.6. The number of hydrogen-bond donors (Lipinski definition) is 3. The first-order chi connectivity index (χ1) is 10.6. The van der Waals surface area contributed by atoms with Gasteiger partial charge in [0.15, 0.2) is 6.10 Å². The molecule has 1 aromatic carbocycles. The van der Waals surface area contributed by atoms with Crippen molar-refractivity contribution in [2.75, 3.05) is 6.54 Å². The minimum absolute atomic E-state index is 0.403. The SMILES string of the molecule is CCCCCCCCCCN.O=C(O)C(O)c1ccccc1. The summed E-state index contributed by atoms with van der Waals surface area (Å²) < 4.78 is 0. The van der Waals surface area contributed by atoms with Gasteiger partial charge < -0.3 is 15.9 Å². The topological polar surface area (TPSA) is 83.6 Å². The van der Waals surface area contributed by atoms with Crippen LogP contribution in [0.25, 0.3) is 0 Å². The fraction of sp³-hybridized carbons (Fsp3) is 0.611. The molecule has 0 bridgehead atoms. The number of aliphatic hydroxyl groups excluding tert-OH is 1. The number of benzene rings is 1. The number of rotatable bonds is 10. The lowest BCUT2D eigenvalue weighted by molar-refractivity contribution is -0.146. The van der Waals surface area contributed by atoms with Crippen LogP contribution in [0.3, 0.4) is 0 Å². The fourth-order valence-electron chi connectivity index (χ4n) is 2.06. The van der Waals surface area contributed by atoms with Crippen LogP contribution >= 0.6 is 0 Å². The van der Waals surface area contributed by atoms with Gasteiger partial charge in [-0.25, -0.2) is 4.79 Å². The number of carbonyl (C=O) groups is 1. The maximum atomic E-state index is 10.2. The quantitative estimate of drug-likeness (QED) is 0.572. The monoisotopic (exact) mass is 309 g/mol. The Hall–Kier alpha value is -1.39. The lowest BCUT2D eigenvalue weighted by Gasteiger charge is -2.03. The Bertz CT molecular complexity index is 360. The van der Waals surface area contributed by atoms with E-state index in [2.05, 4.69) is 6.92 Å². The molecule has 0 saturated heterocycles. The molecule has 0 aliphatic carbocycles. The predicted octanol–water partition coefficient (Wildman–Crippen LogP) is 3.89. The maximum absolute atomic E-state index is 10.2. The molecule has 0 heterocycles. The van der Waals surface area contributed by atoms with E-state index < -0.39 is 12.1 Å². The second-order valence-electron chi connectivity index (χ2n) is 5.42. The molecular formula is C18H31NO3. The largest absolute Gasteiger partial charge is 0.479 e. The first-order valence-electron chi connectivity index (χ1n) is 8.29. The zero-order valence-corrected chi connectivity index (χ0v) is 13.7. The molecule has 126 valence electrons. The molecule has 0 spiro atoms. The number of hydrogen-bond acceptors (Lipinski definition) is 3. The first kappa shape index (κ1) is 20.6. The van der Waals surface area contributed by atoms with E-state index >= 15 is 0 Å². The molecule has 0 aliphatic rings.